The zero-order valence-electron chi connectivity index (χ0n) is 15.3. The van der Waals surface area contributed by atoms with E-state index in [1.807, 2.05) is 19.0 Å². The molecule has 3 amide bonds. The van der Waals surface area contributed by atoms with Crippen LogP contribution in [0.15, 0.2) is 18.2 Å². The van der Waals surface area contributed by atoms with E-state index < -0.39 is 0 Å². The number of rotatable bonds is 4. The molecule has 0 radical (unpaired) electrons. The fourth-order valence-electron chi connectivity index (χ4n) is 3.71. The minimum Gasteiger partial charge on any atom is -0.495 e. The van der Waals surface area contributed by atoms with Crippen molar-refractivity contribution in [2.75, 3.05) is 52.3 Å². The molecule has 2 fully saturated rings. The van der Waals surface area contributed by atoms with Gasteiger partial charge in [0.25, 0.3) is 5.91 Å². The Morgan fingerprint density at radius 1 is 1.32 bits per heavy atom. The van der Waals surface area contributed by atoms with Crippen molar-refractivity contribution < 1.29 is 14.3 Å². The van der Waals surface area contributed by atoms with E-state index in [2.05, 4.69) is 17.1 Å². The number of hydrogen-bond acceptors (Lipinski definition) is 4. The fraction of sp³-hybridized carbons (Fsp3) is 0.556. The number of likely N-dealkylation sites (tertiary alicyclic amines) is 1. The molecule has 1 aromatic rings. The third-order valence-electron chi connectivity index (χ3n) is 5.10. The average molecular weight is 346 g/mol. The molecule has 7 nitrogen and oxygen atoms in total. The molecule has 0 unspecified atom stereocenters. The first-order valence-corrected chi connectivity index (χ1v) is 8.61. The number of ether oxygens (including phenoxy) is 1. The van der Waals surface area contributed by atoms with Crippen molar-refractivity contribution >= 4 is 17.6 Å². The van der Waals surface area contributed by atoms with Crippen LogP contribution in [0.2, 0.25) is 0 Å². The molecule has 2 atom stereocenters. The molecule has 0 bridgehead atoms. The average Bonchev–Trinajstić information content (AvgIpc) is 3.19. The SMILES string of the molecule is COc1ccc(C(=O)N2C[C@@H](N(C)C)[C@@H](C)C2)cc1N1CCNC1=O. The van der Waals surface area contributed by atoms with Gasteiger partial charge in [0.1, 0.15) is 5.75 Å². The van der Waals surface area contributed by atoms with E-state index in [1.165, 1.54) is 0 Å². The van der Waals surface area contributed by atoms with Gasteiger partial charge in [-0.15, -0.1) is 0 Å². The molecule has 0 aliphatic carbocycles. The van der Waals surface area contributed by atoms with Crippen LogP contribution in [0.25, 0.3) is 0 Å². The Bertz CT molecular complexity index is 676. The number of nitrogens with one attached hydrogen (secondary N) is 1. The zero-order chi connectivity index (χ0) is 18.1. The van der Waals surface area contributed by atoms with Crippen LogP contribution in [-0.2, 0) is 0 Å². The van der Waals surface area contributed by atoms with Gasteiger partial charge in [0.2, 0.25) is 0 Å². The number of amides is 3. The highest BCUT2D eigenvalue weighted by atomic mass is 16.5. The van der Waals surface area contributed by atoms with Crippen LogP contribution in [0.3, 0.4) is 0 Å². The van der Waals surface area contributed by atoms with Crippen LogP contribution in [-0.4, -0.2) is 75.2 Å². The van der Waals surface area contributed by atoms with E-state index in [9.17, 15) is 9.59 Å². The lowest BCUT2D eigenvalue weighted by Gasteiger charge is -2.23. The highest BCUT2D eigenvalue weighted by Gasteiger charge is 2.34. The fourth-order valence-corrected chi connectivity index (χ4v) is 3.71. The Kier molecular flexibility index (Phi) is 4.85. The Balaban J connectivity index is 1.85. The van der Waals surface area contributed by atoms with Gasteiger partial charge in [0.15, 0.2) is 0 Å². The molecule has 1 aromatic carbocycles. The molecular weight excluding hydrogens is 320 g/mol. The summed E-state index contributed by atoms with van der Waals surface area (Å²) in [7, 11) is 5.66. The predicted molar refractivity (Wildman–Crippen MR) is 96.3 cm³/mol. The Morgan fingerprint density at radius 3 is 2.64 bits per heavy atom. The minimum absolute atomic E-state index is 0.000270. The van der Waals surface area contributed by atoms with Gasteiger partial charge in [-0.25, -0.2) is 4.79 Å². The predicted octanol–water partition coefficient (Wildman–Crippen LogP) is 1.25. The van der Waals surface area contributed by atoms with Crippen molar-refractivity contribution in [1.82, 2.24) is 15.1 Å². The maximum Gasteiger partial charge on any atom is 0.322 e. The van der Waals surface area contributed by atoms with E-state index in [4.69, 9.17) is 4.74 Å². The molecule has 2 saturated heterocycles. The van der Waals surface area contributed by atoms with Crippen LogP contribution in [0.4, 0.5) is 10.5 Å². The molecule has 7 heteroatoms. The second-order valence-electron chi connectivity index (χ2n) is 6.99. The highest BCUT2D eigenvalue weighted by Crippen LogP contribution is 2.31. The van der Waals surface area contributed by atoms with E-state index in [0.29, 0.717) is 42.0 Å². The van der Waals surface area contributed by atoms with Gasteiger partial charge in [-0.05, 0) is 38.2 Å². The first kappa shape index (κ1) is 17.5. The largest absolute Gasteiger partial charge is 0.495 e. The lowest BCUT2D eigenvalue weighted by Crippen LogP contribution is -2.36. The van der Waals surface area contributed by atoms with Crippen molar-refractivity contribution in [3.8, 4) is 5.75 Å². The molecule has 0 saturated carbocycles. The quantitative estimate of drug-likeness (QED) is 0.891. The van der Waals surface area contributed by atoms with Crippen molar-refractivity contribution in [1.29, 1.82) is 0 Å². The van der Waals surface area contributed by atoms with Gasteiger partial charge in [-0.1, -0.05) is 6.92 Å². The zero-order valence-corrected chi connectivity index (χ0v) is 15.3. The number of hydrogen-bond donors (Lipinski definition) is 1. The molecule has 136 valence electrons. The van der Waals surface area contributed by atoms with Crippen LogP contribution >= 0.6 is 0 Å². The Hall–Kier alpha value is -2.28. The number of carbonyl (C=O) groups is 2. The summed E-state index contributed by atoms with van der Waals surface area (Å²) in [5, 5.41) is 2.78. The number of anilines is 1. The summed E-state index contributed by atoms with van der Waals surface area (Å²) in [6, 6.07) is 5.50. The van der Waals surface area contributed by atoms with Gasteiger partial charge in [-0.3, -0.25) is 9.69 Å². The Labute approximate surface area is 148 Å². The first-order chi connectivity index (χ1) is 11.9. The van der Waals surface area contributed by atoms with E-state index >= 15 is 0 Å². The molecule has 25 heavy (non-hydrogen) atoms. The molecule has 2 heterocycles. The number of nitrogens with zero attached hydrogens (tertiary/aromatic N) is 3. The summed E-state index contributed by atoms with van der Waals surface area (Å²) in [6.45, 7) is 4.79. The maximum absolute atomic E-state index is 13.0. The second-order valence-corrected chi connectivity index (χ2v) is 6.99. The van der Waals surface area contributed by atoms with Gasteiger partial charge >= 0.3 is 6.03 Å². The highest BCUT2D eigenvalue weighted by molar-refractivity contribution is 6.00. The van der Waals surface area contributed by atoms with Gasteiger partial charge in [-0.2, -0.15) is 0 Å². The topological polar surface area (TPSA) is 65.1 Å². The lowest BCUT2D eigenvalue weighted by molar-refractivity contribution is 0.0781. The van der Waals surface area contributed by atoms with Gasteiger partial charge in [0, 0.05) is 37.8 Å². The molecular formula is C18H26N4O3. The number of likely N-dealkylation sites (N-methyl/N-ethyl adjacent to an activating group) is 1. The summed E-state index contributed by atoms with van der Waals surface area (Å²) in [4.78, 5) is 30.6. The molecule has 3 rings (SSSR count). The number of methoxy groups -OCH3 is 1. The summed E-state index contributed by atoms with van der Waals surface area (Å²) < 4.78 is 5.38. The molecule has 2 aliphatic rings. The van der Waals surface area contributed by atoms with Crippen LogP contribution in [0, 0.1) is 5.92 Å². The van der Waals surface area contributed by atoms with Gasteiger partial charge < -0.3 is 19.9 Å². The third-order valence-corrected chi connectivity index (χ3v) is 5.10. The second kappa shape index (κ2) is 6.92. The summed E-state index contributed by atoms with van der Waals surface area (Å²) in [6.07, 6.45) is 0. The molecule has 0 spiro atoms. The maximum atomic E-state index is 13.0. The van der Waals surface area contributed by atoms with Crippen LogP contribution in [0.5, 0.6) is 5.75 Å². The van der Waals surface area contributed by atoms with E-state index in [1.54, 1.807) is 30.2 Å². The minimum atomic E-state index is -0.162. The summed E-state index contributed by atoms with van der Waals surface area (Å²) in [5.41, 5.74) is 1.22. The number of urea groups is 1. The Morgan fingerprint density at radius 2 is 2.08 bits per heavy atom. The van der Waals surface area contributed by atoms with Crippen molar-refractivity contribution in [2.45, 2.75) is 13.0 Å². The summed E-state index contributed by atoms with van der Waals surface area (Å²) in [5.74, 6) is 1.02. The van der Waals surface area contributed by atoms with E-state index in [-0.39, 0.29) is 11.9 Å². The number of carbonyl (C=O) groups excluding carboxylic acids is 2. The van der Waals surface area contributed by atoms with Crippen molar-refractivity contribution in [2.24, 2.45) is 5.92 Å². The smallest absolute Gasteiger partial charge is 0.322 e. The van der Waals surface area contributed by atoms with E-state index in [0.717, 1.165) is 13.1 Å². The molecule has 2 aliphatic heterocycles. The summed E-state index contributed by atoms with van der Waals surface area (Å²) >= 11 is 0. The van der Waals surface area contributed by atoms with Crippen molar-refractivity contribution in [3.63, 3.8) is 0 Å². The lowest BCUT2D eigenvalue weighted by atomic mass is 10.1. The first-order valence-electron chi connectivity index (χ1n) is 8.61. The monoisotopic (exact) mass is 346 g/mol. The van der Waals surface area contributed by atoms with Crippen molar-refractivity contribution in [3.05, 3.63) is 23.8 Å². The van der Waals surface area contributed by atoms with Crippen LogP contribution < -0.4 is 15.0 Å². The van der Waals surface area contributed by atoms with Crippen LogP contribution in [0.1, 0.15) is 17.3 Å². The van der Waals surface area contributed by atoms with Gasteiger partial charge in [0.05, 0.1) is 12.8 Å². The number of benzene rings is 1. The standard InChI is InChI=1S/C18H26N4O3/c1-12-10-21(11-15(12)20(2)3)17(23)13-5-6-16(25-4)14(9-13)22-8-7-19-18(22)24/h5-6,9,12,15H,7-8,10-11H2,1-4H3,(H,19,24)/t12-,15+/m0/s1. The molecule has 0 aromatic heterocycles. The normalized spacial score (nSPS) is 23.3. The third kappa shape index (κ3) is 3.28. The molecule has 1 N–H and O–H groups in total.